The Hall–Kier alpha value is -1.11. The maximum atomic E-state index is 12.0. The van der Waals surface area contributed by atoms with Gasteiger partial charge in [-0.1, -0.05) is 17.8 Å². The second kappa shape index (κ2) is 5.90. The first-order valence-electron chi connectivity index (χ1n) is 6.21. The molecule has 1 aromatic rings. The van der Waals surface area contributed by atoms with Crippen LogP contribution in [-0.4, -0.2) is 56.6 Å². The summed E-state index contributed by atoms with van der Waals surface area (Å²) in [5, 5.41) is 20.4. The van der Waals surface area contributed by atoms with Gasteiger partial charge in [0, 0.05) is 19.3 Å². The lowest BCUT2D eigenvalue weighted by atomic mass is 9.91. The molecule has 2 N–H and O–H groups in total. The van der Waals surface area contributed by atoms with E-state index in [0.717, 1.165) is 5.03 Å². The highest BCUT2D eigenvalue weighted by Gasteiger charge is 2.37. The van der Waals surface area contributed by atoms with Crippen molar-refractivity contribution in [2.75, 3.05) is 18.8 Å². The first-order valence-corrected chi connectivity index (χ1v) is 7.19. The van der Waals surface area contributed by atoms with Gasteiger partial charge in [-0.3, -0.25) is 4.79 Å². The largest absolute Gasteiger partial charge is 0.388 e. The molecule has 0 saturated carbocycles. The molecule has 0 aromatic carbocycles. The first-order chi connectivity index (χ1) is 8.99. The van der Waals surface area contributed by atoms with Crippen molar-refractivity contribution in [3.05, 3.63) is 24.4 Å². The lowest BCUT2D eigenvalue weighted by molar-refractivity contribution is -0.143. The Morgan fingerprint density at radius 1 is 1.63 bits per heavy atom. The van der Waals surface area contributed by atoms with Crippen molar-refractivity contribution >= 4 is 17.7 Å². The summed E-state index contributed by atoms with van der Waals surface area (Å²) in [4.78, 5) is 17.7. The van der Waals surface area contributed by atoms with Crippen molar-refractivity contribution in [1.82, 2.24) is 9.88 Å². The third-order valence-corrected chi connectivity index (χ3v) is 4.26. The second-order valence-electron chi connectivity index (χ2n) is 4.92. The van der Waals surface area contributed by atoms with Gasteiger partial charge in [0.2, 0.25) is 5.91 Å². The summed E-state index contributed by atoms with van der Waals surface area (Å²) in [6.45, 7) is 2.27. The van der Waals surface area contributed by atoms with Gasteiger partial charge in [-0.05, 0) is 25.5 Å². The normalized spacial score (nSPS) is 27.3. The number of aromatic nitrogens is 1. The summed E-state index contributed by atoms with van der Waals surface area (Å²) < 4.78 is 0. The molecule has 1 saturated heterocycles. The summed E-state index contributed by atoms with van der Waals surface area (Å²) in [5.74, 6) is 0.261. The third-order valence-electron chi connectivity index (χ3n) is 3.33. The van der Waals surface area contributed by atoms with Crippen LogP contribution in [0.25, 0.3) is 0 Å². The fourth-order valence-electron chi connectivity index (χ4n) is 1.91. The van der Waals surface area contributed by atoms with Crippen LogP contribution in [0.3, 0.4) is 0 Å². The summed E-state index contributed by atoms with van der Waals surface area (Å²) in [7, 11) is 0. The van der Waals surface area contributed by atoms with Crippen LogP contribution in [0.1, 0.15) is 13.3 Å². The number of aliphatic hydroxyl groups is 2. The van der Waals surface area contributed by atoms with Gasteiger partial charge in [-0.25, -0.2) is 4.98 Å². The summed E-state index contributed by atoms with van der Waals surface area (Å²) in [6, 6.07) is 5.56. The minimum absolute atomic E-state index is 0.0368. The zero-order valence-corrected chi connectivity index (χ0v) is 11.6. The number of β-amino-alcohol motifs (C(OH)–C–C–N with tert-alkyl or cyclic N) is 1. The van der Waals surface area contributed by atoms with E-state index >= 15 is 0 Å². The van der Waals surface area contributed by atoms with Crippen molar-refractivity contribution in [3.8, 4) is 0 Å². The molecule has 19 heavy (non-hydrogen) atoms. The molecule has 0 bridgehead atoms. The van der Waals surface area contributed by atoms with E-state index in [1.54, 1.807) is 18.0 Å². The maximum Gasteiger partial charge on any atom is 0.233 e. The topological polar surface area (TPSA) is 73.7 Å². The molecule has 1 aliphatic rings. The van der Waals surface area contributed by atoms with E-state index in [0.29, 0.717) is 18.7 Å². The number of amides is 1. The van der Waals surface area contributed by atoms with E-state index in [1.807, 2.05) is 18.2 Å². The highest BCUT2D eigenvalue weighted by Crippen LogP contribution is 2.23. The van der Waals surface area contributed by atoms with Gasteiger partial charge in [0.15, 0.2) is 0 Å². The van der Waals surface area contributed by atoms with Crippen molar-refractivity contribution < 1.29 is 15.0 Å². The number of thioether (sulfide) groups is 1. The molecule has 2 heterocycles. The summed E-state index contributed by atoms with van der Waals surface area (Å²) >= 11 is 1.38. The van der Waals surface area contributed by atoms with E-state index in [1.165, 1.54) is 11.8 Å². The number of nitrogens with zero attached hydrogens (tertiary/aromatic N) is 2. The zero-order valence-electron chi connectivity index (χ0n) is 10.8. The average Bonchev–Trinajstić information content (AvgIpc) is 2.40. The Labute approximate surface area is 116 Å². The van der Waals surface area contributed by atoms with E-state index in [9.17, 15) is 15.0 Å². The monoisotopic (exact) mass is 282 g/mol. The molecular formula is C13H18N2O3S. The standard InChI is InChI=1S/C13H18N2O3S/c1-13(18)5-7-15(8-10(13)16)12(17)9-19-11-4-2-3-6-14-11/h2-4,6,10,16,18H,5,7-9H2,1H3/t10-,13-/m0/s1. The number of piperidine rings is 1. The molecule has 2 atom stereocenters. The fraction of sp³-hybridized carbons (Fsp3) is 0.538. The van der Waals surface area contributed by atoms with Crippen LogP contribution in [0, 0.1) is 0 Å². The van der Waals surface area contributed by atoms with Crippen LogP contribution in [0.15, 0.2) is 29.4 Å². The SMILES string of the molecule is C[C@]1(O)CCN(C(=O)CSc2ccccn2)C[C@@H]1O. The van der Waals surface area contributed by atoms with E-state index in [-0.39, 0.29) is 12.5 Å². The molecule has 1 fully saturated rings. The Balaban J connectivity index is 1.84. The van der Waals surface area contributed by atoms with Gasteiger partial charge < -0.3 is 15.1 Å². The van der Waals surface area contributed by atoms with E-state index < -0.39 is 11.7 Å². The first kappa shape index (κ1) is 14.3. The Morgan fingerprint density at radius 2 is 2.42 bits per heavy atom. The molecule has 0 radical (unpaired) electrons. The highest BCUT2D eigenvalue weighted by atomic mass is 32.2. The summed E-state index contributed by atoms with van der Waals surface area (Å²) in [6.07, 6.45) is 1.20. The Bertz CT molecular complexity index is 439. The predicted octanol–water partition coefficient (Wildman–Crippen LogP) is 0.518. The quantitative estimate of drug-likeness (QED) is 0.791. The third kappa shape index (κ3) is 3.68. The highest BCUT2D eigenvalue weighted by molar-refractivity contribution is 7.99. The number of aliphatic hydroxyl groups excluding tert-OH is 1. The van der Waals surface area contributed by atoms with Crippen molar-refractivity contribution in [2.45, 2.75) is 30.1 Å². The van der Waals surface area contributed by atoms with Crippen LogP contribution in [0.4, 0.5) is 0 Å². The van der Waals surface area contributed by atoms with Crippen LogP contribution in [0.5, 0.6) is 0 Å². The van der Waals surface area contributed by atoms with Gasteiger partial charge in [0.25, 0.3) is 0 Å². The van der Waals surface area contributed by atoms with Crippen molar-refractivity contribution in [1.29, 1.82) is 0 Å². The predicted molar refractivity (Wildman–Crippen MR) is 72.8 cm³/mol. The second-order valence-corrected chi connectivity index (χ2v) is 5.92. The number of likely N-dealkylation sites (tertiary alicyclic amines) is 1. The van der Waals surface area contributed by atoms with Gasteiger partial charge in [0.05, 0.1) is 22.5 Å². The molecule has 6 heteroatoms. The van der Waals surface area contributed by atoms with Crippen LogP contribution < -0.4 is 0 Å². The molecule has 0 spiro atoms. The zero-order chi connectivity index (χ0) is 13.9. The minimum atomic E-state index is -1.09. The number of carbonyl (C=O) groups excluding carboxylic acids is 1. The van der Waals surface area contributed by atoms with E-state index in [4.69, 9.17) is 0 Å². The molecule has 0 unspecified atom stereocenters. The molecule has 1 amide bonds. The van der Waals surface area contributed by atoms with Gasteiger partial charge >= 0.3 is 0 Å². The number of carbonyl (C=O) groups is 1. The lowest BCUT2D eigenvalue weighted by Crippen LogP contribution is -2.55. The molecule has 1 aromatic heterocycles. The molecule has 5 nitrogen and oxygen atoms in total. The lowest BCUT2D eigenvalue weighted by Gasteiger charge is -2.39. The Morgan fingerprint density at radius 3 is 3.05 bits per heavy atom. The smallest absolute Gasteiger partial charge is 0.233 e. The van der Waals surface area contributed by atoms with Gasteiger partial charge in [-0.2, -0.15) is 0 Å². The molecule has 1 aliphatic heterocycles. The minimum Gasteiger partial charge on any atom is -0.388 e. The number of rotatable bonds is 3. The maximum absolute atomic E-state index is 12.0. The number of hydrogen-bond donors (Lipinski definition) is 2. The molecule has 104 valence electrons. The van der Waals surface area contributed by atoms with Crippen LogP contribution >= 0.6 is 11.8 Å². The number of pyridine rings is 1. The van der Waals surface area contributed by atoms with Gasteiger partial charge in [-0.15, -0.1) is 0 Å². The molecule has 0 aliphatic carbocycles. The average molecular weight is 282 g/mol. The molecule has 2 rings (SSSR count). The Kier molecular flexibility index (Phi) is 4.44. The fourth-order valence-corrected chi connectivity index (χ4v) is 2.67. The number of hydrogen-bond acceptors (Lipinski definition) is 5. The van der Waals surface area contributed by atoms with E-state index in [2.05, 4.69) is 4.98 Å². The summed E-state index contributed by atoms with van der Waals surface area (Å²) in [5.41, 5.74) is -1.09. The van der Waals surface area contributed by atoms with Crippen LogP contribution in [-0.2, 0) is 4.79 Å². The van der Waals surface area contributed by atoms with Crippen molar-refractivity contribution in [2.24, 2.45) is 0 Å². The van der Waals surface area contributed by atoms with Crippen molar-refractivity contribution in [3.63, 3.8) is 0 Å². The molecular weight excluding hydrogens is 264 g/mol. The van der Waals surface area contributed by atoms with Gasteiger partial charge in [0.1, 0.15) is 0 Å². The van der Waals surface area contributed by atoms with Crippen LogP contribution in [0.2, 0.25) is 0 Å².